The molecule has 0 aliphatic carbocycles. The lowest BCUT2D eigenvalue weighted by atomic mass is 10.1. The molecule has 1 heterocycles. The van der Waals surface area contributed by atoms with Gasteiger partial charge in [0.2, 0.25) is 0 Å². The first-order valence-corrected chi connectivity index (χ1v) is 9.80. The first kappa shape index (κ1) is 19.5. The van der Waals surface area contributed by atoms with E-state index in [-0.39, 0.29) is 11.9 Å². The molecule has 0 aliphatic heterocycles. The summed E-state index contributed by atoms with van der Waals surface area (Å²) in [6.07, 6.45) is 0. The van der Waals surface area contributed by atoms with Crippen molar-refractivity contribution >= 4 is 5.91 Å². The number of ether oxygens (including phenoxy) is 1. The average molecular weight is 397 g/mol. The molecule has 1 atom stereocenters. The Balaban J connectivity index is 1.47. The quantitative estimate of drug-likeness (QED) is 0.467. The summed E-state index contributed by atoms with van der Waals surface area (Å²) in [6, 6.07) is 27.1. The number of nitrogens with zero attached hydrogens (tertiary/aromatic N) is 1. The third-order valence-electron chi connectivity index (χ3n) is 5.05. The zero-order chi connectivity index (χ0) is 20.9. The molecule has 0 saturated heterocycles. The van der Waals surface area contributed by atoms with Gasteiger partial charge in [-0.15, -0.1) is 0 Å². The van der Waals surface area contributed by atoms with Crippen molar-refractivity contribution in [2.24, 2.45) is 0 Å². The number of carbonyl (C=O) groups is 1. The maximum absolute atomic E-state index is 12.6. The number of amides is 1. The SMILES string of the molecule is COc1cccc(-c2cc(-c3ccc(C(=O)NC(C)c4ccccc4)cc3)[nH]n2)c1. The van der Waals surface area contributed by atoms with Gasteiger partial charge in [-0.05, 0) is 48.4 Å². The van der Waals surface area contributed by atoms with E-state index in [2.05, 4.69) is 15.5 Å². The van der Waals surface area contributed by atoms with Crippen molar-refractivity contribution in [1.29, 1.82) is 0 Å². The molecule has 5 nitrogen and oxygen atoms in total. The van der Waals surface area contributed by atoms with Crippen molar-refractivity contribution < 1.29 is 9.53 Å². The zero-order valence-electron chi connectivity index (χ0n) is 16.9. The second kappa shape index (κ2) is 8.66. The number of nitrogens with one attached hydrogen (secondary N) is 2. The molecular weight excluding hydrogens is 374 g/mol. The van der Waals surface area contributed by atoms with E-state index < -0.39 is 0 Å². The number of benzene rings is 3. The van der Waals surface area contributed by atoms with E-state index in [1.54, 1.807) is 7.11 Å². The second-order valence-electron chi connectivity index (χ2n) is 7.08. The van der Waals surface area contributed by atoms with E-state index in [4.69, 9.17) is 4.74 Å². The van der Waals surface area contributed by atoms with Crippen LogP contribution in [0.4, 0.5) is 0 Å². The van der Waals surface area contributed by atoms with E-state index in [0.717, 1.165) is 33.8 Å². The van der Waals surface area contributed by atoms with Crippen molar-refractivity contribution in [2.45, 2.75) is 13.0 Å². The molecule has 4 aromatic rings. The highest BCUT2D eigenvalue weighted by molar-refractivity contribution is 5.94. The molecule has 0 radical (unpaired) electrons. The molecule has 3 aromatic carbocycles. The molecule has 0 saturated carbocycles. The molecule has 5 heteroatoms. The Morgan fingerprint density at radius 2 is 1.70 bits per heavy atom. The molecule has 0 aliphatic rings. The maximum atomic E-state index is 12.6. The van der Waals surface area contributed by atoms with Crippen LogP contribution < -0.4 is 10.1 Å². The highest BCUT2D eigenvalue weighted by Gasteiger charge is 2.12. The topological polar surface area (TPSA) is 67.0 Å². The van der Waals surface area contributed by atoms with Gasteiger partial charge in [-0.3, -0.25) is 9.89 Å². The van der Waals surface area contributed by atoms with Gasteiger partial charge in [-0.2, -0.15) is 5.10 Å². The fraction of sp³-hybridized carbons (Fsp3) is 0.120. The Kier molecular flexibility index (Phi) is 5.61. The number of carbonyl (C=O) groups excluding carboxylic acids is 1. The molecule has 0 fully saturated rings. The Hall–Kier alpha value is -3.86. The van der Waals surface area contributed by atoms with Gasteiger partial charge < -0.3 is 10.1 Å². The van der Waals surface area contributed by atoms with Crippen LogP contribution in [0.2, 0.25) is 0 Å². The minimum Gasteiger partial charge on any atom is -0.497 e. The summed E-state index contributed by atoms with van der Waals surface area (Å²) >= 11 is 0. The van der Waals surface area contributed by atoms with E-state index >= 15 is 0 Å². The highest BCUT2D eigenvalue weighted by atomic mass is 16.5. The van der Waals surface area contributed by atoms with Crippen molar-refractivity contribution in [3.63, 3.8) is 0 Å². The smallest absolute Gasteiger partial charge is 0.251 e. The summed E-state index contributed by atoms with van der Waals surface area (Å²) in [6.45, 7) is 1.98. The lowest BCUT2D eigenvalue weighted by molar-refractivity contribution is 0.0940. The van der Waals surface area contributed by atoms with Crippen molar-refractivity contribution in [3.05, 3.63) is 96.1 Å². The molecule has 0 bridgehead atoms. The number of rotatable bonds is 6. The fourth-order valence-electron chi connectivity index (χ4n) is 3.31. The van der Waals surface area contributed by atoms with E-state index in [1.807, 2.05) is 91.9 Å². The summed E-state index contributed by atoms with van der Waals surface area (Å²) in [5.74, 6) is 0.691. The Bertz CT molecular complexity index is 1130. The molecule has 4 rings (SSSR count). The predicted octanol–water partition coefficient (Wildman–Crippen LogP) is 5.24. The van der Waals surface area contributed by atoms with E-state index in [9.17, 15) is 4.79 Å². The molecule has 0 spiro atoms. The molecule has 150 valence electrons. The number of hydrogen-bond donors (Lipinski definition) is 2. The van der Waals surface area contributed by atoms with Gasteiger partial charge in [0, 0.05) is 11.1 Å². The van der Waals surface area contributed by atoms with Crippen LogP contribution in [0.5, 0.6) is 5.75 Å². The summed E-state index contributed by atoms with van der Waals surface area (Å²) in [7, 11) is 1.65. The van der Waals surface area contributed by atoms with Crippen LogP contribution in [0.3, 0.4) is 0 Å². The Morgan fingerprint density at radius 1 is 0.933 bits per heavy atom. The third-order valence-corrected chi connectivity index (χ3v) is 5.05. The van der Waals surface area contributed by atoms with Gasteiger partial charge in [0.25, 0.3) is 5.91 Å². The number of aromatic amines is 1. The molecular formula is C25H23N3O2. The monoisotopic (exact) mass is 397 g/mol. The average Bonchev–Trinajstić information content (AvgIpc) is 3.30. The lowest BCUT2D eigenvalue weighted by Crippen LogP contribution is -2.26. The van der Waals surface area contributed by atoms with Crippen LogP contribution in [-0.2, 0) is 0 Å². The first-order valence-electron chi connectivity index (χ1n) is 9.80. The number of aromatic nitrogens is 2. The number of methoxy groups -OCH3 is 1. The van der Waals surface area contributed by atoms with Crippen LogP contribution in [-0.4, -0.2) is 23.2 Å². The van der Waals surface area contributed by atoms with Gasteiger partial charge in [0.15, 0.2) is 0 Å². The zero-order valence-corrected chi connectivity index (χ0v) is 16.9. The van der Waals surface area contributed by atoms with Crippen molar-refractivity contribution in [1.82, 2.24) is 15.5 Å². The summed E-state index contributed by atoms with van der Waals surface area (Å²) < 4.78 is 5.28. The highest BCUT2D eigenvalue weighted by Crippen LogP contribution is 2.26. The fourth-order valence-corrected chi connectivity index (χ4v) is 3.31. The molecule has 1 amide bonds. The lowest BCUT2D eigenvalue weighted by Gasteiger charge is -2.14. The number of H-pyrrole nitrogens is 1. The molecule has 1 aromatic heterocycles. The predicted molar refractivity (Wildman–Crippen MR) is 118 cm³/mol. The van der Waals surface area contributed by atoms with Crippen molar-refractivity contribution in [3.8, 4) is 28.3 Å². The minimum absolute atomic E-state index is 0.0589. The van der Waals surface area contributed by atoms with Gasteiger partial charge in [-0.1, -0.05) is 54.6 Å². The van der Waals surface area contributed by atoms with Crippen LogP contribution in [0.1, 0.15) is 28.9 Å². The standard InChI is InChI=1S/C25H23N3O2/c1-17(18-7-4-3-5-8-18)26-25(29)20-13-11-19(12-14-20)23-16-24(28-27-23)21-9-6-10-22(15-21)30-2/h3-17H,1-2H3,(H,26,29)(H,27,28). The normalized spacial score (nSPS) is 11.7. The van der Waals surface area contributed by atoms with Gasteiger partial charge in [-0.25, -0.2) is 0 Å². The molecule has 30 heavy (non-hydrogen) atoms. The Labute approximate surface area is 175 Å². The van der Waals surface area contributed by atoms with Crippen LogP contribution in [0.25, 0.3) is 22.5 Å². The minimum atomic E-state index is -0.0976. The summed E-state index contributed by atoms with van der Waals surface area (Å²) in [4.78, 5) is 12.6. The summed E-state index contributed by atoms with van der Waals surface area (Å²) in [5, 5.41) is 10.5. The third kappa shape index (κ3) is 4.25. The van der Waals surface area contributed by atoms with E-state index in [1.165, 1.54) is 0 Å². The van der Waals surface area contributed by atoms with Crippen LogP contribution >= 0.6 is 0 Å². The molecule has 1 unspecified atom stereocenters. The molecule has 2 N–H and O–H groups in total. The van der Waals surface area contributed by atoms with Gasteiger partial charge in [0.05, 0.1) is 24.5 Å². The van der Waals surface area contributed by atoms with E-state index in [0.29, 0.717) is 5.56 Å². The van der Waals surface area contributed by atoms with Crippen LogP contribution in [0.15, 0.2) is 84.9 Å². The van der Waals surface area contributed by atoms with Gasteiger partial charge >= 0.3 is 0 Å². The second-order valence-corrected chi connectivity index (χ2v) is 7.08. The Morgan fingerprint density at radius 3 is 2.43 bits per heavy atom. The first-order chi connectivity index (χ1) is 14.6. The van der Waals surface area contributed by atoms with Gasteiger partial charge in [0.1, 0.15) is 5.75 Å². The van der Waals surface area contributed by atoms with Crippen molar-refractivity contribution in [2.75, 3.05) is 7.11 Å². The van der Waals surface area contributed by atoms with Crippen LogP contribution in [0, 0.1) is 0 Å². The maximum Gasteiger partial charge on any atom is 0.251 e. The largest absolute Gasteiger partial charge is 0.497 e. The number of hydrogen-bond acceptors (Lipinski definition) is 3. The summed E-state index contributed by atoms with van der Waals surface area (Å²) in [5.41, 5.74) is 5.35.